The Hall–Kier alpha value is -3.99. The van der Waals surface area contributed by atoms with Gasteiger partial charge in [0.2, 0.25) is 0 Å². The molecule has 5 rings (SSSR count). The molecule has 0 spiro atoms. The number of nitrogens with zero attached hydrogens (tertiary/aromatic N) is 2. The molecule has 1 aliphatic carbocycles. The molecule has 1 aliphatic heterocycles. The molecule has 2 atom stereocenters. The molecule has 3 aromatic rings. The quantitative estimate of drug-likeness (QED) is 0.244. The predicted octanol–water partition coefficient (Wildman–Crippen LogP) is 6.52. The summed E-state index contributed by atoms with van der Waals surface area (Å²) in [6, 6.07) is 11.4. The molecule has 0 unspecified atom stereocenters. The van der Waals surface area contributed by atoms with Crippen molar-refractivity contribution in [2.24, 2.45) is 0 Å². The monoisotopic (exact) mass is 628 g/mol. The van der Waals surface area contributed by atoms with Crippen LogP contribution in [0.4, 0.5) is 35.1 Å². The minimum Gasteiger partial charge on any atom is -0.334 e. The summed E-state index contributed by atoms with van der Waals surface area (Å²) in [5.41, 5.74) is -7.51. The van der Waals surface area contributed by atoms with E-state index in [-0.39, 0.29) is 59.0 Å². The van der Waals surface area contributed by atoms with E-state index in [4.69, 9.17) is 5.26 Å². The van der Waals surface area contributed by atoms with Crippen molar-refractivity contribution < 1.29 is 48.3 Å². The molecule has 14 heteroatoms. The highest BCUT2D eigenvalue weighted by Gasteiger charge is 2.73. The Kier molecular flexibility index (Phi) is 7.11. The average Bonchev–Trinajstić information content (AvgIpc) is 3.37. The number of carbonyl (C=O) groups excluding carboxylic acids is 1. The summed E-state index contributed by atoms with van der Waals surface area (Å²) in [5.74, 6) is -1.37. The van der Waals surface area contributed by atoms with Crippen molar-refractivity contribution in [3.8, 4) is 6.07 Å². The van der Waals surface area contributed by atoms with Gasteiger partial charge in [-0.05, 0) is 78.9 Å². The van der Waals surface area contributed by atoms with Gasteiger partial charge in [0, 0.05) is 17.7 Å². The molecule has 1 amide bonds. The fourth-order valence-corrected chi connectivity index (χ4v) is 8.52. The van der Waals surface area contributed by atoms with Gasteiger partial charge in [0.15, 0.2) is 9.84 Å². The van der Waals surface area contributed by atoms with Crippen LogP contribution in [0.1, 0.15) is 45.5 Å². The smallest absolute Gasteiger partial charge is 0.334 e. The van der Waals surface area contributed by atoms with E-state index in [2.05, 4.69) is 0 Å². The van der Waals surface area contributed by atoms with Crippen molar-refractivity contribution in [1.82, 2.24) is 4.90 Å². The third kappa shape index (κ3) is 4.47. The second kappa shape index (κ2) is 10.0. The van der Waals surface area contributed by atoms with Crippen LogP contribution in [0.25, 0.3) is 0 Å². The van der Waals surface area contributed by atoms with Crippen LogP contribution in [0.3, 0.4) is 0 Å². The van der Waals surface area contributed by atoms with E-state index < -0.39 is 55.9 Å². The molecule has 0 radical (unpaired) electrons. The second-order valence-electron chi connectivity index (χ2n) is 10.4. The van der Waals surface area contributed by atoms with E-state index in [1.807, 2.05) is 6.07 Å². The highest BCUT2D eigenvalue weighted by molar-refractivity contribution is 7.92. The van der Waals surface area contributed by atoms with E-state index in [0.29, 0.717) is 6.07 Å². The van der Waals surface area contributed by atoms with Gasteiger partial charge in [0.05, 0.1) is 22.6 Å². The largest absolute Gasteiger partial charge is 0.435 e. The van der Waals surface area contributed by atoms with Gasteiger partial charge in [-0.25, -0.2) is 17.2 Å². The molecule has 2 aliphatic rings. The zero-order valence-corrected chi connectivity index (χ0v) is 22.6. The maximum absolute atomic E-state index is 14.9. The van der Waals surface area contributed by atoms with E-state index in [9.17, 15) is 48.3 Å². The number of hydrogen-bond acceptors (Lipinski definition) is 4. The Morgan fingerprint density at radius 3 is 2.07 bits per heavy atom. The van der Waals surface area contributed by atoms with Gasteiger partial charge < -0.3 is 4.90 Å². The van der Waals surface area contributed by atoms with Crippen molar-refractivity contribution in [2.75, 3.05) is 6.54 Å². The summed E-state index contributed by atoms with van der Waals surface area (Å²) in [4.78, 5) is 14.5. The lowest BCUT2D eigenvalue weighted by molar-refractivity contribution is -0.348. The van der Waals surface area contributed by atoms with Gasteiger partial charge in [-0.3, -0.25) is 4.79 Å². The Balaban J connectivity index is 1.69. The Bertz CT molecular complexity index is 1720. The molecule has 0 N–H and O–H groups in total. The number of amides is 1. The number of likely N-dealkylation sites (tertiary alicyclic amines) is 1. The maximum Gasteiger partial charge on any atom is 0.435 e. The van der Waals surface area contributed by atoms with Crippen LogP contribution in [-0.4, -0.2) is 44.2 Å². The van der Waals surface area contributed by atoms with Crippen LogP contribution < -0.4 is 0 Å². The van der Waals surface area contributed by atoms with Crippen molar-refractivity contribution in [3.05, 3.63) is 100 Å². The van der Waals surface area contributed by atoms with Crippen LogP contribution in [0.5, 0.6) is 0 Å². The second-order valence-corrected chi connectivity index (χ2v) is 12.6. The lowest BCUT2D eigenvalue weighted by Crippen LogP contribution is -2.53. The molecule has 1 heterocycles. The van der Waals surface area contributed by atoms with E-state index in [1.54, 1.807) is 0 Å². The van der Waals surface area contributed by atoms with Crippen LogP contribution in [0.15, 0.2) is 71.6 Å². The van der Waals surface area contributed by atoms with Gasteiger partial charge >= 0.3 is 18.0 Å². The standard InChI is InChI=1S/C29H20F8N2O3S/c30-21-7-9-22(10-8-21)43(41,42)26-13-14-39(25(40)18-3-1-17(16-38)2-4-18)24(26)12-5-19-15-20(6-11-23(19)26)27(31,28(32,33)34)29(35,36)37/h1-4,6-11,15,24H,5,12-14H2/t24-,26-/m1/s1. The van der Waals surface area contributed by atoms with Crippen molar-refractivity contribution in [2.45, 2.75) is 53.0 Å². The fraction of sp³-hybridized carbons (Fsp3) is 0.310. The minimum atomic E-state index is -6.37. The number of benzene rings is 3. The van der Waals surface area contributed by atoms with Crippen molar-refractivity contribution in [3.63, 3.8) is 0 Å². The first kappa shape index (κ1) is 30.5. The summed E-state index contributed by atoms with van der Waals surface area (Å²) < 4.78 is 136. The third-order valence-electron chi connectivity index (χ3n) is 8.19. The highest BCUT2D eigenvalue weighted by Crippen LogP contribution is 2.56. The highest BCUT2D eigenvalue weighted by atomic mass is 32.2. The molecule has 1 fully saturated rings. The van der Waals surface area contributed by atoms with E-state index in [1.165, 1.54) is 29.2 Å². The summed E-state index contributed by atoms with van der Waals surface area (Å²) in [6.45, 7) is -0.163. The Labute approximate surface area is 240 Å². The number of carbonyl (C=O) groups is 1. The number of halogens is 8. The summed E-state index contributed by atoms with van der Waals surface area (Å²) in [6.07, 6.45) is -13.5. The van der Waals surface area contributed by atoms with Gasteiger partial charge in [-0.2, -0.15) is 31.6 Å². The SMILES string of the molecule is N#Cc1ccc(C(=O)N2CC[C@@]3(S(=O)(=O)c4ccc(F)cc4)c4ccc(C(F)(C(F)(F)F)C(F)(F)F)cc4CC[C@@H]23)cc1. The van der Waals surface area contributed by atoms with Crippen LogP contribution in [0.2, 0.25) is 0 Å². The molecule has 5 nitrogen and oxygen atoms in total. The molecule has 226 valence electrons. The molecule has 0 bridgehead atoms. The van der Waals surface area contributed by atoms with Gasteiger partial charge in [-0.15, -0.1) is 0 Å². The average molecular weight is 629 g/mol. The predicted molar refractivity (Wildman–Crippen MR) is 136 cm³/mol. The van der Waals surface area contributed by atoms with Crippen molar-refractivity contribution in [1.29, 1.82) is 5.26 Å². The van der Waals surface area contributed by atoms with Gasteiger partial charge in [0.1, 0.15) is 10.6 Å². The fourth-order valence-electron chi connectivity index (χ4n) is 6.15. The number of rotatable bonds is 4. The number of hydrogen-bond donors (Lipinski definition) is 0. The van der Waals surface area contributed by atoms with Gasteiger partial charge in [-0.1, -0.05) is 18.2 Å². The topological polar surface area (TPSA) is 78.2 Å². The lowest BCUT2D eigenvalue weighted by Gasteiger charge is -2.43. The summed E-state index contributed by atoms with van der Waals surface area (Å²) in [7, 11) is -4.60. The first-order valence-corrected chi connectivity index (χ1v) is 14.2. The molecule has 43 heavy (non-hydrogen) atoms. The zero-order chi connectivity index (χ0) is 31.6. The number of nitriles is 1. The normalized spacial score (nSPS) is 20.7. The molecular formula is C29H20F8N2O3S. The minimum absolute atomic E-state index is 0.118. The summed E-state index contributed by atoms with van der Waals surface area (Å²) in [5, 5.41) is 9.05. The lowest BCUT2D eigenvalue weighted by atomic mass is 9.76. The zero-order valence-electron chi connectivity index (χ0n) is 21.8. The number of sulfone groups is 1. The molecular weight excluding hydrogens is 608 g/mol. The third-order valence-corrected chi connectivity index (χ3v) is 10.7. The molecule has 1 saturated heterocycles. The van der Waals surface area contributed by atoms with Crippen LogP contribution in [-0.2, 0) is 26.7 Å². The Morgan fingerprint density at radius 2 is 1.51 bits per heavy atom. The maximum atomic E-state index is 14.9. The molecule has 3 aromatic carbocycles. The number of fused-ring (bicyclic) bond motifs is 3. The summed E-state index contributed by atoms with van der Waals surface area (Å²) >= 11 is 0. The number of alkyl halides is 7. The van der Waals surface area contributed by atoms with E-state index >= 15 is 0 Å². The van der Waals surface area contributed by atoms with Gasteiger partial charge in [0.25, 0.3) is 5.91 Å². The van der Waals surface area contributed by atoms with Crippen molar-refractivity contribution >= 4 is 15.7 Å². The van der Waals surface area contributed by atoms with E-state index in [0.717, 1.165) is 30.3 Å². The molecule has 0 saturated carbocycles. The first-order valence-electron chi connectivity index (χ1n) is 12.8. The Morgan fingerprint density at radius 1 is 0.907 bits per heavy atom. The first-order chi connectivity index (χ1) is 20.0. The van der Waals surface area contributed by atoms with Crippen LogP contribution in [0, 0.1) is 17.1 Å². The molecule has 0 aromatic heterocycles. The van der Waals surface area contributed by atoms with Crippen LogP contribution >= 0.6 is 0 Å². The number of aryl methyl sites for hydroxylation is 1.